The minimum absolute atomic E-state index is 0.308. The number of amides is 1. The number of hydrogen-bond acceptors (Lipinski definition) is 3. The first-order chi connectivity index (χ1) is 8.13. The zero-order valence-corrected chi connectivity index (χ0v) is 10.7. The molecule has 5 nitrogen and oxygen atoms in total. The Labute approximate surface area is 107 Å². The maximum atomic E-state index is 11.4. The molecule has 6 heteroatoms. The van der Waals surface area contributed by atoms with Crippen LogP contribution in [0.3, 0.4) is 0 Å². The van der Waals surface area contributed by atoms with E-state index in [2.05, 4.69) is 31.6 Å². The van der Waals surface area contributed by atoms with Crippen LogP contribution in [0.1, 0.15) is 16.1 Å². The molecular weight excluding hydrogens is 284 g/mol. The van der Waals surface area contributed by atoms with E-state index in [4.69, 9.17) is 5.84 Å². The van der Waals surface area contributed by atoms with Crippen LogP contribution < -0.4 is 11.3 Å². The molecule has 1 amide bonds. The van der Waals surface area contributed by atoms with E-state index >= 15 is 0 Å². The number of nitrogens with two attached hydrogens (primary N) is 1. The zero-order chi connectivity index (χ0) is 12.4. The molecule has 2 rings (SSSR count). The molecule has 0 aliphatic carbocycles. The lowest BCUT2D eigenvalue weighted by atomic mass is 10.1. The van der Waals surface area contributed by atoms with E-state index in [0.717, 1.165) is 5.56 Å². The number of halogens is 1. The molecule has 0 saturated heterocycles. The number of hydrazine groups is 1. The van der Waals surface area contributed by atoms with Crippen LogP contribution in [0.5, 0.6) is 0 Å². The van der Waals surface area contributed by atoms with Gasteiger partial charge in [0.2, 0.25) is 0 Å². The third kappa shape index (κ3) is 2.22. The Hall–Kier alpha value is -1.66. The molecule has 1 heterocycles. The first kappa shape index (κ1) is 11.8. The van der Waals surface area contributed by atoms with Crippen LogP contribution in [0.25, 0.3) is 11.3 Å². The van der Waals surface area contributed by atoms with Gasteiger partial charge < -0.3 is 0 Å². The first-order valence-corrected chi connectivity index (χ1v) is 5.74. The highest BCUT2D eigenvalue weighted by molar-refractivity contribution is 9.10. The summed E-state index contributed by atoms with van der Waals surface area (Å²) in [6.07, 6.45) is 0. The third-order valence-electron chi connectivity index (χ3n) is 2.39. The number of aromatic nitrogens is 2. The fourth-order valence-electron chi connectivity index (χ4n) is 1.45. The summed E-state index contributed by atoms with van der Waals surface area (Å²) in [6, 6.07) is 7.86. The quantitative estimate of drug-likeness (QED) is 0.448. The van der Waals surface area contributed by atoms with E-state index in [1.807, 2.05) is 31.2 Å². The van der Waals surface area contributed by atoms with Gasteiger partial charge in [0.25, 0.3) is 5.91 Å². The average Bonchev–Trinajstić information content (AvgIpc) is 2.71. The van der Waals surface area contributed by atoms with Gasteiger partial charge in [0, 0.05) is 5.56 Å². The van der Waals surface area contributed by atoms with Crippen molar-refractivity contribution in [3.05, 3.63) is 40.0 Å². The van der Waals surface area contributed by atoms with Crippen molar-refractivity contribution in [2.45, 2.75) is 6.92 Å². The van der Waals surface area contributed by atoms with Gasteiger partial charge in [-0.3, -0.25) is 15.3 Å². The molecule has 0 aliphatic rings. The van der Waals surface area contributed by atoms with Crippen LogP contribution in [0.2, 0.25) is 0 Å². The molecule has 0 unspecified atom stereocenters. The molecule has 1 aromatic carbocycles. The summed E-state index contributed by atoms with van der Waals surface area (Å²) in [5, 5.41) is 6.75. The molecule has 2 aromatic rings. The fourth-order valence-corrected chi connectivity index (χ4v) is 2.04. The monoisotopic (exact) mass is 294 g/mol. The first-order valence-electron chi connectivity index (χ1n) is 4.95. The molecule has 0 spiro atoms. The van der Waals surface area contributed by atoms with Crippen molar-refractivity contribution in [2.75, 3.05) is 0 Å². The summed E-state index contributed by atoms with van der Waals surface area (Å²) in [4.78, 5) is 11.4. The highest BCUT2D eigenvalue weighted by Crippen LogP contribution is 2.28. The van der Waals surface area contributed by atoms with Crippen molar-refractivity contribution in [3.63, 3.8) is 0 Å². The van der Waals surface area contributed by atoms with Crippen molar-refractivity contribution in [3.8, 4) is 11.3 Å². The maximum Gasteiger partial charge on any atom is 0.284 e. The molecule has 0 atom stereocenters. The fraction of sp³-hybridized carbons (Fsp3) is 0.0909. The number of carbonyl (C=O) groups excluding carboxylic acids is 1. The standard InChI is InChI=1S/C11H11BrN4O/c1-6-2-4-7(5-3-6)9-8(12)10(16-15-9)11(17)14-13/h2-5H,13H2,1H3,(H,14,17)(H,15,16). The summed E-state index contributed by atoms with van der Waals surface area (Å²) in [7, 11) is 0. The van der Waals surface area contributed by atoms with Gasteiger partial charge >= 0.3 is 0 Å². The molecule has 0 fully saturated rings. The number of H-pyrrole nitrogens is 1. The molecule has 1 aromatic heterocycles. The van der Waals surface area contributed by atoms with Crippen molar-refractivity contribution >= 4 is 21.8 Å². The van der Waals surface area contributed by atoms with Gasteiger partial charge in [0.1, 0.15) is 11.4 Å². The Morgan fingerprint density at radius 1 is 1.41 bits per heavy atom. The lowest BCUT2D eigenvalue weighted by Crippen LogP contribution is -2.30. The SMILES string of the molecule is Cc1ccc(-c2n[nH]c(C(=O)NN)c2Br)cc1. The Morgan fingerprint density at radius 3 is 2.65 bits per heavy atom. The Morgan fingerprint density at radius 2 is 2.06 bits per heavy atom. The number of nitrogen functional groups attached to an aromatic ring is 1. The van der Waals surface area contributed by atoms with Gasteiger partial charge in [-0.05, 0) is 22.9 Å². The number of aromatic amines is 1. The van der Waals surface area contributed by atoms with Crippen LogP contribution in [0.4, 0.5) is 0 Å². The number of aryl methyl sites for hydroxylation is 1. The number of nitrogens with one attached hydrogen (secondary N) is 2. The van der Waals surface area contributed by atoms with Crippen molar-refractivity contribution in [2.24, 2.45) is 5.84 Å². The number of carbonyl (C=O) groups is 1. The lowest BCUT2D eigenvalue weighted by Gasteiger charge is -1.99. The average molecular weight is 295 g/mol. The van der Waals surface area contributed by atoms with Gasteiger partial charge in [0.15, 0.2) is 0 Å². The van der Waals surface area contributed by atoms with Crippen molar-refractivity contribution < 1.29 is 4.79 Å². The molecule has 88 valence electrons. The van der Waals surface area contributed by atoms with E-state index in [0.29, 0.717) is 15.9 Å². The molecule has 0 aliphatic heterocycles. The van der Waals surface area contributed by atoms with Gasteiger partial charge in [-0.2, -0.15) is 5.10 Å². The van der Waals surface area contributed by atoms with E-state index in [1.165, 1.54) is 5.56 Å². The highest BCUT2D eigenvalue weighted by atomic mass is 79.9. The number of hydrogen-bond donors (Lipinski definition) is 3. The smallest absolute Gasteiger partial charge is 0.284 e. The Kier molecular flexibility index (Phi) is 3.26. The summed E-state index contributed by atoms with van der Waals surface area (Å²) >= 11 is 3.34. The molecule has 17 heavy (non-hydrogen) atoms. The molecule has 0 saturated carbocycles. The number of rotatable bonds is 2. The summed E-state index contributed by atoms with van der Waals surface area (Å²) in [5.74, 6) is 4.66. The molecule has 0 radical (unpaired) electrons. The second kappa shape index (κ2) is 4.68. The van der Waals surface area contributed by atoms with Crippen LogP contribution in [0, 0.1) is 6.92 Å². The van der Waals surface area contributed by atoms with Gasteiger partial charge in [-0.25, -0.2) is 5.84 Å². The van der Waals surface area contributed by atoms with E-state index in [-0.39, 0.29) is 0 Å². The zero-order valence-electron chi connectivity index (χ0n) is 9.12. The Balaban J connectivity index is 2.44. The topological polar surface area (TPSA) is 83.8 Å². The molecule has 4 N–H and O–H groups in total. The van der Waals surface area contributed by atoms with Crippen LogP contribution >= 0.6 is 15.9 Å². The summed E-state index contributed by atoms with van der Waals surface area (Å²) in [5.41, 5.74) is 5.14. The predicted molar refractivity (Wildman–Crippen MR) is 68.1 cm³/mol. The van der Waals surface area contributed by atoms with Gasteiger partial charge in [-0.1, -0.05) is 29.8 Å². The second-order valence-electron chi connectivity index (χ2n) is 3.60. The number of benzene rings is 1. The minimum Gasteiger partial charge on any atom is -0.289 e. The second-order valence-corrected chi connectivity index (χ2v) is 4.39. The summed E-state index contributed by atoms with van der Waals surface area (Å²) in [6.45, 7) is 2.01. The van der Waals surface area contributed by atoms with Crippen molar-refractivity contribution in [1.82, 2.24) is 15.6 Å². The molecular formula is C11H11BrN4O. The Bertz CT molecular complexity index is 547. The predicted octanol–water partition coefficient (Wildman–Crippen LogP) is 1.75. The van der Waals surface area contributed by atoms with Crippen LogP contribution in [-0.2, 0) is 0 Å². The highest BCUT2D eigenvalue weighted by Gasteiger charge is 2.17. The van der Waals surface area contributed by atoms with Gasteiger partial charge in [0.05, 0.1) is 4.47 Å². The van der Waals surface area contributed by atoms with E-state index in [9.17, 15) is 4.79 Å². The third-order valence-corrected chi connectivity index (χ3v) is 3.16. The lowest BCUT2D eigenvalue weighted by molar-refractivity contribution is 0.0948. The normalized spacial score (nSPS) is 10.3. The minimum atomic E-state index is -0.414. The van der Waals surface area contributed by atoms with E-state index in [1.54, 1.807) is 0 Å². The van der Waals surface area contributed by atoms with E-state index < -0.39 is 5.91 Å². The number of nitrogens with zero attached hydrogens (tertiary/aromatic N) is 1. The molecule has 0 bridgehead atoms. The van der Waals surface area contributed by atoms with Crippen LogP contribution in [-0.4, -0.2) is 16.1 Å². The van der Waals surface area contributed by atoms with Crippen LogP contribution in [0.15, 0.2) is 28.7 Å². The largest absolute Gasteiger partial charge is 0.289 e. The van der Waals surface area contributed by atoms with Gasteiger partial charge in [-0.15, -0.1) is 0 Å². The summed E-state index contributed by atoms with van der Waals surface area (Å²) < 4.78 is 0.601. The van der Waals surface area contributed by atoms with Crippen molar-refractivity contribution in [1.29, 1.82) is 0 Å². The maximum absolute atomic E-state index is 11.4.